The number of rotatable bonds is 3. The quantitative estimate of drug-likeness (QED) is 0.617. The first-order chi connectivity index (χ1) is 12.7. The van der Waals surface area contributed by atoms with E-state index >= 15 is 0 Å². The number of pyridine rings is 1. The summed E-state index contributed by atoms with van der Waals surface area (Å²) in [6.45, 7) is 0. The monoisotopic (exact) mass is 346 g/mol. The summed E-state index contributed by atoms with van der Waals surface area (Å²) >= 11 is 0. The zero-order valence-corrected chi connectivity index (χ0v) is 14.3. The van der Waals surface area contributed by atoms with E-state index in [0.29, 0.717) is 5.95 Å². The van der Waals surface area contributed by atoms with Gasteiger partial charge in [0.05, 0.1) is 11.0 Å². The Morgan fingerprint density at radius 1 is 1.12 bits per heavy atom. The first-order valence-electron chi connectivity index (χ1n) is 8.71. The highest BCUT2D eigenvalue weighted by Gasteiger charge is 2.34. The highest BCUT2D eigenvalue weighted by atomic mass is 16.1. The number of hydrogen-bond donors (Lipinski definition) is 1. The summed E-state index contributed by atoms with van der Waals surface area (Å²) in [4.78, 5) is 25.9. The summed E-state index contributed by atoms with van der Waals surface area (Å²) in [6, 6.07) is 12.1. The van der Waals surface area contributed by atoms with Crippen LogP contribution in [0.25, 0.3) is 22.1 Å². The molecule has 0 unspecified atom stereocenters. The number of para-hydroxylation sites is 1. The van der Waals surface area contributed by atoms with Gasteiger partial charge in [-0.3, -0.25) is 9.13 Å². The van der Waals surface area contributed by atoms with E-state index in [-0.39, 0.29) is 17.8 Å². The standard InChI is InChI=1S/C19H18N6O/c1-24-16-7-4-8-20-17(16)25(19(24)26)14-9-13(10-14)22-18-21-11-12-5-2-3-6-15(12)23-18/h2-8,11,13-14H,9-10H2,1H3,(H,21,22,23). The molecule has 0 aliphatic heterocycles. The van der Waals surface area contributed by atoms with Crippen LogP contribution in [-0.4, -0.2) is 30.1 Å². The van der Waals surface area contributed by atoms with Crippen LogP contribution in [0.2, 0.25) is 0 Å². The van der Waals surface area contributed by atoms with Crippen molar-refractivity contribution in [3.8, 4) is 0 Å². The summed E-state index contributed by atoms with van der Waals surface area (Å²) < 4.78 is 3.48. The minimum atomic E-state index is -0.0101. The predicted molar refractivity (Wildman–Crippen MR) is 100 cm³/mol. The van der Waals surface area contributed by atoms with Crippen LogP contribution in [0, 0.1) is 0 Å². The third kappa shape index (κ3) is 2.28. The average Bonchev–Trinajstić information content (AvgIpc) is 2.89. The molecule has 0 radical (unpaired) electrons. The second-order valence-corrected chi connectivity index (χ2v) is 6.78. The van der Waals surface area contributed by atoms with E-state index in [0.717, 1.165) is 34.9 Å². The summed E-state index contributed by atoms with van der Waals surface area (Å²) in [5.74, 6) is 0.635. The van der Waals surface area contributed by atoms with Crippen molar-refractivity contribution in [1.82, 2.24) is 24.1 Å². The molecule has 1 saturated carbocycles. The van der Waals surface area contributed by atoms with Crippen molar-refractivity contribution in [3.63, 3.8) is 0 Å². The number of aromatic nitrogens is 5. The van der Waals surface area contributed by atoms with E-state index in [1.54, 1.807) is 17.8 Å². The Kier molecular flexibility index (Phi) is 3.28. The van der Waals surface area contributed by atoms with E-state index in [1.807, 2.05) is 47.2 Å². The van der Waals surface area contributed by atoms with Crippen LogP contribution in [0.4, 0.5) is 5.95 Å². The molecule has 0 bridgehead atoms. The lowest BCUT2D eigenvalue weighted by Gasteiger charge is -2.36. The van der Waals surface area contributed by atoms with E-state index < -0.39 is 0 Å². The number of benzene rings is 1. The van der Waals surface area contributed by atoms with Gasteiger partial charge in [0.15, 0.2) is 5.65 Å². The molecule has 1 N–H and O–H groups in total. The molecule has 130 valence electrons. The Bertz CT molecular complexity index is 1170. The topological polar surface area (TPSA) is 77.6 Å². The lowest BCUT2D eigenvalue weighted by atomic mass is 9.86. The van der Waals surface area contributed by atoms with Gasteiger partial charge in [0, 0.05) is 36.9 Å². The number of aryl methyl sites for hydroxylation is 1. The normalized spacial score (nSPS) is 19.6. The van der Waals surface area contributed by atoms with Gasteiger partial charge in [-0.05, 0) is 31.0 Å². The predicted octanol–water partition coefficient (Wildman–Crippen LogP) is 2.49. The van der Waals surface area contributed by atoms with Gasteiger partial charge in [-0.15, -0.1) is 0 Å². The molecule has 1 aliphatic carbocycles. The number of nitrogens with zero attached hydrogens (tertiary/aromatic N) is 5. The average molecular weight is 346 g/mol. The second kappa shape index (κ2) is 5.66. The van der Waals surface area contributed by atoms with Gasteiger partial charge >= 0.3 is 5.69 Å². The summed E-state index contributed by atoms with van der Waals surface area (Å²) in [5, 5.41) is 4.41. The molecule has 3 heterocycles. The molecule has 26 heavy (non-hydrogen) atoms. The van der Waals surface area contributed by atoms with Crippen LogP contribution < -0.4 is 11.0 Å². The zero-order valence-electron chi connectivity index (χ0n) is 14.3. The van der Waals surface area contributed by atoms with Gasteiger partial charge in [-0.1, -0.05) is 18.2 Å². The molecular formula is C19H18N6O. The first kappa shape index (κ1) is 15.1. The maximum Gasteiger partial charge on any atom is 0.330 e. The Hall–Kier alpha value is -3.22. The van der Waals surface area contributed by atoms with Crippen molar-refractivity contribution in [2.45, 2.75) is 24.9 Å². The first-order valence-corrected chi connectivity index (χ1v) is 8.71. The third-order valence-corrected chi connectivity index (χ3v) is 5.15. The number of hydrogen-bond acceptors (Lipinski definition) is 5. The molecule has 0 atom stereocenters. The minimum Gasteiger partial charge on any atom is -0.351 e. The molecule has 4 aromatic rings. The molecule has 0 saturated heterocycles. The molecule has 5 rings (SSSR count). The Labute approximate surface area is 149 Å². The molecule has 0 amide bonds. The lowest BCUT2D eigenvalue weighted by molar-refractivity contribution is 0.280. The minimum absolute atomic E-state index is 0.0101. The maximum atomic E-state index is 12.6. The molecule has 0 spiro atoms. The van der Waals surface area contributed by atoms with Crippen LogP contribution in [-0.2, 0) is 7.05 Å². The fraction of sp³-hybridized carbons (Fsp3) is 0.263. The van der Waals surface area contributed by atoms with E-state index in [9.17, 15) is 4.79 Å². The van der Waals surface area contributed by atoms with Gasteiger partial charge in [0.25, 0.3) is 0 Å². The Morgan fingerprint density at radius 2 is 1.96 bits per heavy atom. The van der Waals surface area contributed by atoms with Gasteiger partial charge in [0.1, 0.15) is 0 Å². The molecular weight excluding hydrogens is 328 g/mol. The highest BCUT2D eigenvalue weighted by molar-refractivity contribution is 5.78. The van der Waals surface area contributed by atoms with Crippen molar-refractivity contribution in [2.24, 2.45) is 7.05 Å². The van der Waals surface area contributed by atoms with Crippen LogP contribution in [0.3, 0.4) is 0 Å². The van der Waals surface area contributed by atoms with Crippen molar-refractivity contribution in [2.75, 3.05) is 5.32 Å². The molecule has 1 aromatic carbocycles. The molecule has 7 nitrogen and oxygen atoms in total. The van der Waals surface area contributed by atoms with Crippen LogP contribution in [0.5, 0.6) is 0 Å². The van der Waals surface area contributed by atoms with E-state index in [4.69, 9.17) is 0 Å². The van der Waals surface area contributed by atoms with Gasteiger partial charge in [0.2, 0.25) is 5.95 Å². The van der Waals surface area contributed by atoms with Gasteiger partial charge in [-0.25, -0.2) is 19.7 Å². The van der Waals surface area contributed by atoms with Gasteiger partial charge in [-0.2, -0.15) is 0 Å². The number of nitrogens with one attached hydrogen (secondary N) is 1. The summed E-state index contributed by atoms with van der Waals surface area (Å²) in [5.41, 5.74) is 2.54. The van der Waals surface area contributed by atoms with E-state index in [2.05, 4.69) is 20.3 Å². The molecule has 3 aromatic heterocycles. The Morgan fingerprint density at radius 3 is 2.85 bits per heavy atom. The van der Waals surface area contributed by atoms with Crippen LogP contribution >= 0.6 is 0 Å². The Balaban J connectivity index is 1.36. The van der Waals surface area contributed by atoms with E-state index in [1.165, 1.54) is 0 Å². The third-order valence-electron chi connectivity index (χ3n) is 5.15. The number of imidazole rings is 1. The van der Waals surface area contributed by atoms with Crippen molar-refractivity contribution < 1.29 is 0 Å². The van der Waals surface area contributed by atoms with Gasteiger partial charge < -0.3 is 5.32 Å². The van der Waals surface area contributed by atoms with Crippen LogP contribution in [0.1, 0.15) is 18.9 Å². The largest absolute Gasteiger partial charge is 0.351 e. The molecule has 7 heteroatoms. The molecule has 1 aliphatic rings. The van der Waals surface area contributed by atoms with Crippen molar-refractivity contribution in [1.29, 1.82) is 0 Å². The summed E-state index contributed by atoms with van der Waals surface area (Å²) in [7, 11) is 1.79. The lowest BCUT2D eigenvalue weighted by Crippen LogP contribution is -2.41. The van der Waals surface area contributed by atoms with Crippen LogP contribution in [0.15, 0.2) is 53.6 Å². The fourth-order valence-corrected chi connectivity index (χ4v) is 3.66. The fourth-order valence-electron chi connectivity index (χ4n) is 3.66. The number of anilines is 1. The summed E-state index contributed by atoms with van der Waals surface area (Å²) in [6.07, 6.45) is 5.27. The SMILES string of the molecule is Cn1c(=O)n(C2CC(Nc3ncc4ccccc4n3)C2)c2ncccc21. The number of fused-ring (bicyclic) bond motifs is 2. The second-order valence-electron chi connectivity index (χ2n) is 6.78. The highest BCUT2D eigenvalue weighted by Crippen LogP contribution is 2.34. The van der Waals surface area contributed by atoms with Crippen molar-refractivity contribution in [3.05, 3.63) is 59.3 Å². The molecule has 1 fully saturated rings. The maximum absolute atomic E-state index is 12.6. The smallest absolute Gasteiger partial charge is 0.330 e. The van der Waals surface area contributed by atoms with Crippen molar-refractivity contribution >= 4 is 28.0 Å². The zero-order chi connectivity index (χ0) is 17.7.